The summed E-state index contributed by atoms with van der Waals surface area (Å²) >= 11 is 0. The van der Waals surface area contributed by atoms with Gasteiger partial charge in [0, 0.05) is 23.0 Å². The van der Waals surface area contributed by atoms with Crippen LogP contribution in [-0.2, 0) is 0 Å². The molecule has 3 rings (SSSR count). The number of phenols is 1. The quantitative estimate of drug-likeness (QED) is 0.772. The first-order valence-corrected chi connectivity index (χ1v) is 6.36. The van der Waals surface area contributed by atoms with Crippen LogP contribution < -0.4 is 9.47 Å². The minimum atomic E-state index is -0.551. The molecule has 0 saturated carbocycles. The van der Waals surface area contributed by atoms with Crippen molar-refractivity contribution in [3.05, 3.63) is 42.2 Å². The maximum atomic E-state index is 14.2. The van der Waals surface area contributed by atoms with Gasteiger partial charge in [0.25, 0.3) is 0 Å². The van der Waals surface area contributed by atoms with Gasteiger partial charge in [-0.05, 0) is 24.3 Å². The van der Waals surface area contributed by atoms with Crippen molar-refractivity contribution in [2.24, 2.45) is 0 Å². The van der Waals surface area contributed by atoms with E-state index in [4.69, 9.17) is 9.47 Å². The van der Waals surface area contributed by atoms with Gasteiger partial charge in [-0.2, -0.15) is 0 Å². The molecular formula is C16H14FNO3. The van der Waals surface area contributed by atoms with E-state index in [0.717, 1.165) is 10.9 Å². The molecule has 5 heteroatoms. The van der Waals surface area contributed by atoms with Crippen LogP contribution in [0.5, 0.6) is 17.2 Å². The van der Waals surface area contributed by atoms with Crippen molar-refractivity contribution >= 4 is 10.9 Å². The van der Waals surface area contributed by atoms with Crippen LogP contribution in [0.3, 0.4) is 0 Å². The highest BCUT2D eigenvalue weighted by Crippen LogP contribution is 2.36. The van der Waals surface area contributed by atoms with Crippen molar-refractivity contribution < 1.29 is 19.0 Å². The maximum absolute atomic E-state index is 14.2. The Morgan fingerprint density at radius 3 is 2.43 bits per heavy atom. The number of H-pyrrole nitrogens is 1. The topological polar surface area (TPSA) is 54.5 Å². The van der Waals surface area contributed by atoms with Crippen LogP contribution in [0.2, 0.25) is 0 Å². The largest absolute Gasteiger partial charge is 0.507 e. The van der Waals surface area contributed by atoms with E-state index >= 15 is 0 Å². The fraction of sp³-hybridized carbons (Fsp3) is 0.125. The molecule has 0 spiro atoms. The second-order valence-corrected chi connectivity index (χ2v) is 4.64. The van der Waals surface area contributed by atoms with Crippen molar-refractivity contribution in [3.8, 4) is 28.5 Å². The van der Waals surface area contributed by atoms with Gasteiger partial charge in [0.15, 0.2) is 0 Å². The molecule has 1 aromatic heterocycles. The summed E-state index contributed by atoms with van der Waals surface area (Å²) in [6.07, 6.45) is 0. The molecule has 3 aromatic rings. The first-order valence-electron chi connectivity index (χ1n) is 6.36. The van der Waals surface area contributed by atoms with E-state index in [0.29, 0.717) is 11.4 Å². The molecule has 0 atom stereocenters. The van der Waals surface area contributed by atoms with E-state index in [9.17, 15) is 9.50 Å². The number of hydrogen-bond donors (Lipinski definition) is 2. The highest BCUT2D eigenvalue weighted by Gasteiger charge is 2.15. The Labute approximate surface area is 120 Å². The van der Waals surface area contributed by atoms with Gasteiger partial charge < -0.3 is 19.6 Å². The molecule has 0 amide bonds. The summed E-state index contributed by atoms with van der Waals surface area (Å²) < 4.78 is 24.3. The molecule has 1 heterocycles. The van der Waals surface area contributed by atoms with Crippen LogP contribution in [0.15, 0.2) is 36.4 Å². The molecule has 2 N–H and O–H groups in total. The Balaban J connectivity index is 2.16. The van der Waals surface area contributed by atoms with E-state index in [1.54, 1.807) is 13.2 Å². The molecule has 0 fully saturated rings. The molecular weight excluding hydrogens is 273 g/mol. The minimum absolute atomic E-state index is 0.117. The summed E-state index contributed by atoms with van der Waals surface area (Å²) in [6.45, 7) is 0. The number of aromatic amines is 1. The van der Waals surface area contributed by atoms with Crippen LogP contribution in [0.1, 0.15) is 0 Å². The van der Waals surface area contributed by atoms with Gasteiger partial charge in [0.05, 0.1) is 25.5 Å². The van der Waals surface area contributed by atoms with E-state index in [1.165, 1.54) is 19.2 Å². The maximum Gasteiger partial charge on any atom is 0.139 e. The lowest BCUT2D eigenvalue weighted by Gasteiger charge is -2.07. The molecule has 0 aliphatic rings. The summed E-state index contributed by atoms with van der Waals surface area (Å²) in [5.41, 5.74) is 1.45. The van der Waals surface area contributed by atoms with Gasteiger partial charge in [-0.25, -0.2) is 4.39 Å². The Morgan fingerprint density at radius 1 is 1.00 bits per heavy atom. The van der Waals surface area contributed by atoms with Crippen LogP contribution in [0.25, 0.3) is 22.2 Å². The molecule has 0 bridgehead atoms. The van der Waals surface area contributed by atoms with E-state index in [-0.39, 0.29) is 17.1 Å². The molecule has 21 heavy (non-hydrogen) atoms. The van der Waals surface area contributed by atoms with Crippen LogP contribution >= 0.6 is 0 Å². The molecule has 0 unspecified atom stereocenters. The van der Waals surface area contributed by atoms with Gasteiger partial charge >= 0.3 is 0 Å². The predicted molar refractivity (Wildman–Crippen MR) is 78.5 cm³/mol. The van der Waals surface area contributed by atoms with Crippen LogP contribution in [-0.4, -0.2) is 24.3 Å². The summed E-state index contributed by atoms with van der Waals surface area (Å²) in [6, 6.07) is 9.88. The number of aromatic hydroxyl groups is 1. The number of nitrogens with one attached hydrogen (secondary N) is 1. The molecule has 2 aromatic carbocycles. The molecule has 4 nitrogen and oxygen atoms in total. The molecule has 0 aliphatic carbocycles. The van der Waals surface area contributed by atoms with Crippen molar-refractivity contribution in [3.63, 3.8) is 0 Å². The molecule has 108 valence electrons. The first-order chi connectivity index (χ1) is 10.1. The van der Waals surface area contributed by atoms with Crippen molar-refractivity contribution in [1.82, 2.24) is 4.98 Å². The lowest BCUT2D eigenvalue weighted by atomic mass is 10.1. The number of hydrogen-bond acceptors (Lipinski definition) is 3. The number of halogens is 1. The van der Waals surface area contributed by atoms with Crippen LogP contribution in [0, 0.1) is 5.82 Å². The minimum Gasteiger partial charge on any atom is -0.507 e. The monoisotopic (exact) mass is 287 g/mol. The Hall–Kier alpha value is -2.69. The third-order valence-corrected chi connectivity index (χ3v) is 3.38. The zero-order valence-electron chi connectivity index (χ0n) is 11.6. The third-order valence-electron chi connectivity index (χ3n) is 3.38. The fourth-order valence-corrected chi connectivity index (χ4v) is 2.32. The van der Waals surface area contributed by atoms with E-state index in [2.05, 4.69) is 4.98 Å². The lowest BCUT2D eigenvalue weighted by Crippen LogP contribution is -1.89. The fourth-order valence-electron chi connectivity index (χ4n) is 2.32. The van der Waals surface area contributed by atoms with Gasteiger partial charge in [-0.15, -0.1) is 0 Å². The number of fused-ring (bicyclic) bond motifs is 1. The standard InChI is InChI=1S/C16H14FNO3/c1-20-10-3-4-13-9(5-10)6-14(18-13)16-12(17)7-11(21-2)8-15(16)19/h3-8,18-19H,1-2H3. The van der Waals surface area contributed by atoms with E-state index < -0.39 is 5.82 Å². The Kier molecular flexibility index (Phi) is 3.17. The van der Waals surface area contributed by atoms with Crippen molar-refractivity contribution in [2.45, 2.75) is 0 Å². The number of phenolic OH excluding ortho intramolecular Hbond substituents is 1. The van der Waals surface area contributed by atoms with Gasteiger partial charge in [0.2, 0.25) is 0 Å². The highest BCUT2D eigenvalue weighted by molar-refractivity contribution is 5.88. The predicted octanol–water partition coefficient (Wildman–Crippen LogP) is 3.70. The summed E-state index contributed by atoms with van der Waals surface area (Å²) in [5, 5.41) is 10.9. The van der Waals surface area contributed by atoms with Crippen molar-refractivity contribution in [1.29, 1.82) is 0 Å². The zero-order chi connectivity index (χ0) is 15.0. The van der Waals surface area contributed by atoms with Crippen LogP contribution in [0.4, 0.5) is 4.39 Å². The smallest absolute Gasteiger partial charge is 0.139 e. The normalized spacial score (nSPS) is 10.8. The number of ether oxygens (including phenoxy) is 2. The first kappa shape index (κ1) is 13.3. The number of methoxy groups -OCH3 is 2. The summed E-state index contributed by atoms with van der Waals surface area (Å²) in [4.78, 5) is 3.09. The SMILES string of the molecule is COc1cc(O)c(-c2cc3cc(OC)ccc3[nH]2)c(F)c1. The molecule has 0 radical (unpaired) electrons. The lowest BCUT2D eigenvalue weighted by molar-refractivity contribution is 0.403. The van der Waals surface area contributed by atoms with E-state index in [1.807, 2.05) is 18.2 Å². The number of benzene rings is 2. The Morgan fingerprint density at radius 2 is 1.76 bits per heavy atom. The van der Waals surface area contributed by atoms with Gasteiger partial charge in [-0.1, -0.05) is 0 Å². The second kappa shape index (κ2) is 5.01. The third kappa shape index (κ3) is 2.27. The van der Waals surface area contributed by atoms with Crippen molar-refractivity contribution in [2.75, 3.05) is 14.2 Å². The molecule has 0 saturated heterocycles. The number of rotatable bonds is 3. The highest BCUT2D eigenvalue weighted by atomic mass is 19.1. The Bertz CT molecular complexity index is 787. The average molecular weight is 287 g/mol. The van der Waals surface area contributed by atoms with Gasteiger partial charge in [-0.3, -0.25) is 0 Å². The average Bonchev–Trinajstić information content (AvgIpc) is 2.88. The summed E-state index contributed by atoms with van der Waals surface area (Å²) in [5.74, 6) is 0.259. The zero-order valence-corrected chi connectivity index (χ0v) is 11.6. The second-order valence-electron chi connectivity index (χ2n) is 4.64. The summed E-state index contributed by atoms with van der Waals surface area (Å²) in [7, 11) is 3.01. The van der Waals surface area contributed by atoms with Gasteiger partial charge in [0.1, 0.15) is 23.1 Å². The number of aromatic nitrogens is 1. The molecule has 0 aliphatic heterocycles.